The molecule has 1 amide bonds. The van der Waals surface area contributed by atoms with E-state index in [4.69, 9.17) is 5.73 Å². The summed E-state index contributed by atoms with van der Waals surface area (Å²) >= 11 is 1.15. The second-order valence-electron chi connectivity index (χ2n) is 6.36. The molecular formula is C18H19N5OS. The van der Waals surface area contributed by atoms with E-state index in [1.807, 2.05) is 36.4 Å². The van der Waals surface area contributed by atoms with Gasteiger partial charge in [-0.3, -0.25) is 9.69 Å². The van der Waals surface area contributed by atoms with Gasteiger partial charge in [-0.15, -0.1) is 0 Å². The number of likely N-dealkylation sites (tertiary alicyclic amines) is 1. The molecule has 2 atom stereocenters. The molecule has 7 heteroatoms. The van der Waals surface area contributed by atoms with Gasteiger partial charge in [0.2, 0.25) is 5.91 Å². The Labute approximate surface area is 149 Å². The van der Waals surface area contributed by atoms with Crippen LogP contribution in [-0.2, 0) is 16.1 Å². The second kappa shape index (κ2) is 6.87. The first-order valence-corrected chi connectivity index (χ1v) is 8.98. The maximum Gasteiger partial charge on any atom is 0.238 e. The van der Waals surface area contributed by atoms with Crippen molar-refractivity contribution in [3.8, 4) is 0 Å². The van der Waals surface area contributed by atoms with Crippen LogP contribution in [0.5, 0.6) is 0 Å². The van der Waals surface area contributed by atoms with Gasteiger partial charge in [0.05, 0.1) is 23.6 Å². The summed E-state index contributed by atoms with van der Waals surface area (Å²) in [6, 6.07) is 15.9. The fourth-order valence-corrected chi connectivity index (χ4v) is 3.94. The molecule has 0 spiro atoms. The summed E-state index contributed by atoms with van der Waals surface area (Å²) in [5, 5.41) is 2.95. The molecule has 6 nitrogen and oxygen atoms in total. The molecular weight excluding hydrogens is 334 g/mol. The molecule has 0 aliphatic carbocycles. The molecule has 0 radical (unpaired) electrons. The zero-order chi connectivity index (χ0) is 17.2. The van der Waals surface area contributed by atoms with Crippen molar-refractivity contribution in [3.63, 3.8) is 0 Å². The standard InChI is InChI=1S/C18H19N5OS/c19-14-10-23(9-13(14)12-5-2-1-3-6-12)11-17(24)20-15-7-4-8-16-18(15)22-25-21-16/h1-8,13-14H,9-11,19H2,(H,20,24)/t13-,14+/m0/s1. The molecule has 2 aromatic carbocycles. The average molecular weight is 353 g/mol. The van der Waals surface area contributed by atoms with Gasteiger partial charge >= 0.3 is 0 Å². The number of rotatable bonds is 4. The number of amides is 1. The number of nitrogens with two attached hydrogens (primary N) is 1. The van der Waals surface area contributed by atoms with E-state index in [0.717, 1.165) is 35.8 Å². The highest BCUT2D eigenvalue weighted by Crippen LogP contribution is 2.38. The highest BCUT2D eigenvalue weighted by atomic mass is 32.1. The first-order valence-electron chi connectivity index (χ1n) is 8.25. The number of anilines is 1. The minimum atomic E-state index is -0.0542. The zero-order valence-electron chi connectivity index (χ0n) is 13.6. The number of carbonyl (C=O) groups is 1. The van der Waals surface area contributed by atoms with Crippen LogP contribution in [0.25, 0.3) is 0 Å². The van der Waals surface area contributed by atoms with Crippen LogP contribution in [0.4, 0.5) is 17.1 Å². The van der Waals surface area contributed by atoms with Crippen molar-refractivity contribution in [2.75, 3.05) is 25.0 Å². The van der Waals surface area contributed by atoms with Crippen LogP contribution in [0.3, 0.4) is 0 Å². The smallest absolute Gasteiger partial charge is 0.238 e. The third-order valence-electron chi connectivity index (χ3n) is 4.60. The van der Waals surface area contributed by atoms with Gasteiger partial charge in [0, 0.05) is 25.0 Å². The highest BCUT2D eigenvalue weighted by Gasteiger charge is 2.32. The lowest BCUT2D eigenvalue weighted by Gasteiger charge is -2.16. The number of fused-ring (bicyclic) bond motifs is 1. The predicted molar refractivity (Wildman–Crippen MR) is 100 cm³/mol. The van der Waals surface area contributed by atoms with Crippen molar-refractivity contribution in [2.24, 2.45) is 14.5 Å². The molecule has 3 N–H and O–H groups in total. The molecule has 4 rings (SSSR count). The Hall–Kier alpha value is -2.35. The molecule has 2 heterocycles. The van der Waals surface area contributed by atoms with E-state index in [1.54, 1.807) is 0 Å². The maximum atomic E-state index is 12.4. The highest BCUT2D eigenvalue weighted by molar-refractivity contribution is 7.58. The van der Waals surface area contributed by atoms with Crippen LogP contribution < -0.4 is 11.1 Å². The van der Waals surface area contributed by atoms with Gasteiger partial charge in [-0.1, -0.05) is 36.4 Å². The largest absolute Gasteiger partial charge is 0.326 e. The van der Waals surface area contributed by atoms with E-state index < -0.39 is 0 Å². The topological polar surface area (TPSA) is 83.1 Å². The molecule has 128 valence electrons. The van der Waals surface area contributed by atoms with E-state index >= 15 is 0 Å². The summed E-state index contributed by atoms with van der Waals surface area (Å²) in [7, 11) is 0. The zero-order valence-corrected chi connectivity index (χ0v) is 14.4. The van der Waals surface area contributed by atoms with Gasteiger partial charge in [0.1, 0.15) is 11.4 Å². The van der Waals surface area contributed by atoms with E-state index in [1.165, 1.54) is 5.56 Å². The van der Waals surface area contributed by atoms with Crippen LogP contribution >= 0.6 is 0 Å². The van der Waals surface area contributed by atoms with E-state index in [2.05, 4.69) is 31.1 Å². The van der Waals surface area contributed by atoms with E-state index in [0.29, 0.717) is 12.2 Å². The van der Waals surface area contributed by atoms with Crippen LogP contribution in [0.1, 0.15) is 11.5 Å². The molecule has 1 fully saturated rings. The SMILES string of the molecule is N[C@@H]1CN(CC(=O)Nc2cccc3c2N=S=N3)C[C@H]1c1ccccc1. The number of carbonyl (C=O) groups excluding carboxylic acids is 1. The number of benzene rings is 2. The number of nitrogens with one attached hydrogen (secondary N) is 1. The normalized spacial score (nSPS) is 21.8. The fraction of sp³-hybridized carbons (Fsp3) is 0.278. The quantitative estimate of drug-likeness (QED) is 0.756. The Kier molecular flexibility index (Phi) is 4.44. The molecule has 25 heavy (non-hydrogen) atoms. The Balaban J connectivity index is 1.39. The van der Waals surface area contributed by atoms with Crippen molar-refractivity contribution >= 4 is 34.3 Å². The summed E-state index contributed by atoms with van der Waals surface area (Å²) in [5.74, 6) is 0.210. The molecule has 0 aromatic heterocycles. The third kappa shape index (κ3) is 3.39. The van der Waals surface area contributed by atoms with Crippen LogP contribution in [0.15, 0.2) is 57.3 Å². The molecule has 2 aliphatic rings. The monoisotopic (exact) mass is 353 g/mol. The van der Waals surface area contributed by atoms with Crippen molar-refractivity contribution < 1.29 is 4.79 Å². The molecule has 0 unspecified atom stereocenters. The molecule has 2 aromatic rings. The minimum absolute atomic E-state index is 0.0429. The number of nitrogens with zero attached hydrogens (tertiary/aromatic N) is 3. The lowest BCUT2D eigenvalue weighted by atomic mass is 9.95. The van der Waals surface area contributed by atoms with Gasteiger partial charge in [-0.25, -0.2) is 0 Å². The molecule has 1 saturated heterocycles. The van der Waals surface area contributed by atoms with Gasteiger partial charge in [-0.2, -0.15) is 8.73 Å². The lowest BCUT2D eigenvalue weighted by molar-refractivity contribution is -0.117. The molecule has 2 aliphatic heterocycles. The maximum absolute atomic E-state index is 12.4. The Morgan fingerprint density at radius 1 is 1.16 bits per heavy atom. The van der Waals surface area contributed by atoms with E-state index in [-0.39, 0.29) is 17.9 Å². The van der Waals surface area contributed by atoms with Crippen LogP contribution in [0, 0.1) is 0 Å². The van der Waals surface area contributed by atoms with Crippen LogP contribution in [0.2, 0.25) is 0 Å². The van der Waals surface area contributed by atoms with Gasteiger partial charge in [0.15, 0.2) is 0 Å². The van der Waals surface area contributed by atoms with Crippen molar-refractivity contribution in [3.05, 3.63) is 54.1 Å². The lowest BCUT2D eigenvalue weighted by Crippen LogP contribution is -2.33. The Morgan fingerprint density at radius 3 is 2.84 bits per heavy atom. The number of hydrogen-bond acceptors (Lipinski definition) is 5. The number of hydrogen-bond donors (Lipinski definition) is 2. The first-order chi connectivity index (χ1) is 12.2. The summed E-state index contributed by atoms with van der Waals surface area (Å²) in [6.07, 6.45) is 0. The van der Waals surface area contributed by atoms with Crippen LogP contribution in [-0.4, -0.2) is 36.5 Å². The predicted octanol–water partition coefficient (Wildman–Crippen LogP) is 2.78. The summed E-state index contributed by atoms with van der Waals surface area (Å²) in [4.78, 5) is 14.6. The summed E-state index contributed by atoms with van der Waals surface area (Å²) < 4.78 is 8.45. The van der Waals surface area contributed by atoms with Gasteiger partial charge in [-0.05, 0) is 17.7 Å². The fourth-order valence-electron chi connectivity index (χ4n) is 3.40. The van der Waals surface area contributed by atoms with Crippen molar-refractivity contribution in [2.45, 2.75) is 12.0 Å². The Bertz CT molecular complexity index is 863. The third-order valence-corrected chi connectivity index (χ3v) is 5.14. The summed E-state index contributed by atoms with van der Waals surface area (Å²) in [6.45, 7) is 1.83. The second-order valence-corrected chi connectivity index (χ2v) is 6.89. The Morgan fingerprint density at radius 2 is 2.00 bits per heavy atom. The minimum Gasteiger partial charge on any atom is -0.326 e. The van der Waals surface area contributed by atoms with Crippen molar-refractivity contribution in [1.82, 2.24) is 4.90 Å². The average Bonchev–Trinajstić information content (AvgIpc) is 3.23. The summed E-state index contributed by atoms with van der Waals surface area (Å²) in [5.41, 5.74) is 9.78. The van der Waals surface area contributed by atoms with Gasteiger partial charge < -0.3 is 11.1 Å². The first kappa shape index (κ1) is 16.1. The van der Waals surface area contributed by atoms with Gasteiger partial charge in [0.25, 0.3) is 0 Å². The molecule has 0 saturated carbocycles. The molecule has 0 bridgehead atoms. The van der Waals surface area contributed by atoms with E-state index in [9.17, 15) is 4.79 Å². The van der Waals surface area contributed by atoms with Crippen molar-refractivity contribution in [1.29, 1.82) is 0 Å².